The fraction of sp³-hybridized carbons (Fsp3) is 0.750. The highest BCUT2D eigenvalue weighted by Gasteiger charge is 2.08. The first-order valence-electron chi connectivity index (χ1n) is 4.56. The van der Waals surface area contributed by atoms with Gasteiger partial charge in [-0.05, 0) is 13.3 Å². The Bertz CT molecular complexity index is 331. The Morgan fingerprint density at radius 2 is 2.33 bits per heavy atom. The molecule has 86 valence electrons. The van der Waals surface area contributed by atoms with Crippen LogP contribution in [0.15, 0.2) is 4.42 Å². The number of nitrogens with zero attached hydrogens (tertiary/aromatic N) is 2. The van der Waals surface area contributed by atoms with Crippen LogP contribution in [-0.4, -0.2) is 32.5 Å². The Kier molecular flexibility index (Phi) is 5.04. The Labute approximate surface area is 96.1 Å². The minimum Gasteiger partial charge on any atom is -0.407 e. The molecule has 7 heteroatoms. The summed E-state index contributed by atoms with van der Waals surface area (Å²) in [5.41, 5.74) is 0. The van der Waals surface area contributed by atoms with Gasteiger partial charge in [-0.15, -0.1) is 16.7 Å². The average molecular weight is 252 g/mol. The normalized spacial score (nSPS) is 14.9. The van der Waals surface area contributed by atoms with Crippen LogP contribution in [0, 0.1) is 0 Å². The molecule has 0 spiro atoms. The second-order valence-electron chi connectivity index (χ2n) is 3.25. The number of nitrogens with one attached hydrogen (secondary N) is 1. The Hall–Kier alpha value is -0.620. The molecule has 0 aromatic carbocycles. The van der Waals surface area contributed by atoms with E-state index in [4.69, 9.17) is 16.0 Å². The van der Waals surface area contributed by atoms with Gasteiger partial charge in [-0.1, -0.05) is 5.10 Å². The summed E-state index contributed by atoms with van der Waals surface area (Å²) >= 11 is 5.52. The molecule has 0 aliphatic carbocycles. The summed E-state index contributed by atoms with van der Waals surface area (Å²) in [6.45, 7) is 1.97. The maximum Gasteiger partial charge on any atom is 0.315 e. The molecule has 0 fully saturated rings. The zero-order valence-electron chi connectivity index (χ0n) is 8.70. The summed E-state index contributed by atoms with van der Waals surface area (Å²) in [6, 6.07) is 0.512. The van der Waals surface area contributed by atoms with Crippen molar-refractivity contribution in [3.05, 3.63) is 5.89 Å². The molecule has 1 aromatic rings. The molecule has 0 radical (unpaired) electrons. The molecule has 1 rings (SSSR count). The highest BCUT2D eigenvalue weighted by Crippen LogP contribution is 2.09. The van der Waals surface area contributed by atoms with Gasteiger partial charge in [0.05, 0.1) is 0 Å². The van der Waals surface area contributed by atoms with Crippen molar-refractivity contribution in [2.75, 3.05) is 17.3 Å². The van der Waals surface area contributed by atoms with E-state index in [1.165, 1.54) is 0 Å². The summed E-state index contributed by atoms with van der Waals surface area (Å²) in [5.74, 6) is 1.26. The molecular formula is C8H14ClN3O2S. The molecule has 0 saturated heterocycles. The predicted octanol–water partition coefficient (Wildman–Crippen LogP) is 1.38. The van der Waals surface area contributed by atoms with Gasteiger partial charge in [-0.25, -0.2) is 0 Å². The van der Waals surface area contributed by atoms with Crippen molar-refractivity contribution >= 4 is 28.4 Å². The largest absolute Gasteiger partial charge is 0.407 e. The number of anilines is 1. The van der Waals surface area contributed by atoms with E-state index in [-0.39, 0.29) is 11.9 Å². The van der Waals surface area contributed by atoms with Crippen molar-refractivity contribution in [3.63, 3.8) is 0 Å². The van der Waals surface area contributed by atoms with Crippen LogP contribution in [0.3, 0.4) is 0 Å². The van der Waals surface area contributed by atoms with Gasteiger partial charge in [-0.3, -0.25) is 4.21 Å². The van der Waals surface area contributed by atoms with E-state index in [1.54, 1.807) is 6.26 Å². The second kappa shape index (κ2) is 6.07. The summed E-state index contributed by atoms with van der Waals surface area (Å²) in [6.07, 6.45) is 2.48. The number of hydrogen-bond donors (Lipinski definition) is 1. The number of hydrogen-bond acceptors (Lipinski definition) is 5. The quantitative estimate of drug-likeness (QED) is 0.774. The Morgan fingerprint density at radius 1 is 1.60 bits per heavy atom. The van der Waals surface area contributed by atoms with Crippen LogP contribution in [0.25, 0.3) is 0 Å². The van der Waals surface area contributed by atoms with Crippen LogP contribution in [-0.2, 0) is 16.7 Å². The highest BCUT2D eigenvalue weighted by molar-refractivity contribution is 7.84. The first-order chi connectivity index (χ1) is 7.11. The molecule has 0 saturated carbocycles. The predicted molar refractivity (Wildman–Crippen MR) is 60.5 cm³/mol. The molecule has 0 aliphatic heterocycles. The molecule has 0 bridgehead atoms. The third-order valence-electron chi connectivity index (χ3n) is 1.79. The van der Waals surface area contributed by atoms with Gasteiger partial charge >= 0.3 is 6.01 Å². The van der Waals surface area contributed by atoms with Crippen LogP contribution >= 0.6 is 11.6 Å². The standard InChI is InChI=1S/C8H14ClN3O2S/c1-6(3-4-15(2)13)10-8-12-11-7(5-9)14-8/h6H,3-5H2,1-2H3,(H,10,12). The van der Waals surface area contributed by atoms with E-state index < -0.39 is 10.8 Å². The minimum absolute atomic E-state index is 0.150. The molecule has 1 aromatic heterocycles. The van der Waals surface area contributed by atoms with Crippen molar-refractivity contribution in [1.29, 1.82) is 0 Å². The maximum absolute atomic E-state index is 10.9. The monoisotopic (exact) mass is 251 g/mol. The molecule has 1 heterocycles. The SMILES string of the molecule is CC(CCS(C)=O)Nc1nnc(CCl)o1. The van der Waals surface area contributed by atoms with Gasteiger partial charge in [0.15, 0.2) is 0 Å². The topological polar surface area (TPSA) is 68.0 Å². The molecule has 5 nitrogen and oxygen atoms in total. The first kappa shape index (κ1) is 12.4. The maximum atomic E-state index is 10.9. The van der Waals surface area contributed by atoms with Crippen LogP contribution in [0.5, 0.6) is 0 Å². The lowest BCUT2D eigenvalue weighted by molar-refractivity contribution is 0.518. The zero-order chi connectivity index (χ0) is 11.3. The zero-order valence-corrected chi connectivity index (χ0v) is 10.3. The van der Waals surface area contributed by atoms with Gasteiger partial charge in [0.25, 0.3) is 0 Å². The van der Waals surface area contributed by atoms with Gasteiger partial charge in [-0.2, -0.15) is 0 Å². The highest BCUT2D eigenvalue weighted by atomic mass is 35.5. The van der Waals surface area contributed by atoms with Gasteiger partial charge in [0.1, 0.15) is 5.88 Å². The van der Waals surface area contributed by atoms with E-state index in [9.17, 15) is 4.21 Å². The van der Waals surface area contributed by atoms with E-state index >= 15 is 0 Å². The molecule has 0 aliphatic rings. The molecule has 2 unspecified atom stereocenters. The number of rotatable bonds is 6. The van der Waals surface area contributed by atoms with Gasteiger partial charge in [0.2, 0.25) is 5.89 Å². The minimum atomic E-state index is -0.768. The fourth-order valence-electron chi connectivity index (χ4n) is 0.992. The number of alkyl halides is 1. The van der Waals surface area contributed by atoms with Crippen LogP contribution in [0.4, 0.5) is 6.01 Å². The molecular weight excluding hydrogens is 238 g/mol. The van der Waals surface area contributed by atoms with E-state index in [2.05, 4.69) is 15.5 Å². The average Bonchev–Trinajstić information content (AvgIpc) is 2.62. The van der Waals surface area contributed by atoms with Crippen molar-refractivity contribution in [1.82, 2.24) is 10.2 Å². The third kappa shape index (κ3) is 4.61. The molecule has 1 N–H and O–H groups in total. The van der Waals surface area contributed by atoms with Gasteiger partial charge < -0.3 is 9.73 Å². The summed E-state index contributed by atoms with van der Waals surface area (Å²) in [5, 5.41) is 10.5. The Balaban J connectivity index is 2.36. The van der Waals surface area contributed by atoms with E-state index in [0.29, 0.717) is 17.7 Å². The van der Waals surface area contributed by atoms with Crippen LogP contribution < -0.4 is 5.32 Å². The lowest BCUT2D eigenvalue weighted by Crippen LogP contribution is -2.18. The fourth-order valence-corrected chi connectivity index (χ4v) is 1.79. The second-order valence-corrected chi connectivity index (χ2v) is 5.07. The number of aromatic nitrogens is 2. The van der Waals surface area contributed by atoms with Gasteiger partial charge in [0, 0.05) is 28.9 Å². The van der Waals surface area contributed by atoms with E-state index in [0.717, 1.165) is 6.42 Å². The summed E-state index contributed by atoms with van der Waals surface area (Å²) in [7, 11) is -0.768. The third-order valence-corrected chi connectivity index (χ3v) is 2.83. The van der Waals surface area contributed by atoms with Crippen LogP contribution in [0.1, 0.15) is 19.2 Å². The molecule has 2 atom stereocenters. The Morgan fingerprint density at radius 3 is 2.87 bits per heavy atom. The lowest BCUT2D eigenvalue weighted by atomic mass is 10.3. The number of halogens is 1. The smallest absolute Gasteiger partial charge is 0.315 e. The van der Waals surface area contributed by atoms with Crippen molar-refractivity contribution in [3.8, 4) is 0 Å². The molecule has 15 heavy (non-hydrogen) atoms. The van der Waals surface area contributed by atoms with E-state index in [1.807, 2.05) is 6.92 Å². The first-order valence-corrected chi connectivity index (χ1v) is 6.83. The van der Waals surface area contributed by atoms with Crippen molar-refractivity contribution < 1.29 is 8.63 Å². The lowest BCUT2D eigenvalue weighted by Gasteiger charge is -2.09. The van der Waals surface area contributed by atoms with Crippen LogP contribution in [0.2, 0.25) is 0 Å². The summed E-state index contributed by atoms with van der Waals surface area (Å²) in [4.78, 5) is 0. The van der Waals surface area contributed by atoms with Crippen molar-refractivity contribution in [2.45, 2.75) is 25.3 Å². The van der Waals surface area contributed by atoms with Crippen molar-refractivity contribution in [2.24, 2.45) is 0 Å². The molecule has 0 amide bonds. The summed E-state index contributed by atoms with van der Waals surface area (Å²) < 4.78 is 16.0.